The van der Waals surface area contributed by atoms with Crippen LogP contribution < -0.4 is 9.47 Å². The van der Waals surface area contributed by atoms with Crippen LogP contribution in [0.1, 0.15) is 33.1 Å². The lowest BCUT2D eigenvalue weighted by Gasteiger charge is -2.19. The third-order valence-corrected chi connectivity index (χ3v) is 5.28. The first-order chi connectivity index (χ1) is 15.3. The number of carboxylic acid groups (broad SMARTS) is 1. The van der Waals surface area contributed by atoms with Crippen LogP contribution in [0.15, 0.2) is 35.0 Å². The molecule has 1 N–H and O–H groups in total. The Morgan fingerprint density at radius 2 is 1.97 bits per heavy atom. The average Bonchev–Trinajstić information content (AvgIpc) is 3.17. The van der Waals surface area contributed by atoms with Gasteiger partial charge in [0.25, 0.3) is 5.89 Å². The Kier molecular flexibility index (Phi) is 7.93. The number of hydrogen-bond donors (Lipinski definition) is 1. The minimum absolute atomic E-state index is 0.000000000000000444. The minimum atomic E-state index is -0.619. The molecule has 0 unspecified atom stereocenters. The molecule has 1 aliphatic carbocycles. The number of halogens is 2. The molecule has 10 heteroatoms. The van der Waals surface area contributed by atoms with E-state index in [0.717, 1.165) is 19.3 Å². The number of aromatic nitrogens is 3. The molecule has 0 radical (unpaired) electrons. The Hall–Kier alpha value is -2.84. The van der Waals surface area contributed by atoms with Crippen LogP contribution in [0.5, 0.6) is 11.6 Å². The van der Waals surface area contributed by atoms with E-state index in [4.69, 9.17) is 42.3 Å². The first-order valence-corrected chi connectivity index (χ1v) is 10.8. The van der Waals surface area contributed by atoms with Gasteiger partial charge in [-0.1, -0.05) is 34.8 Å². The molecular formula is C22H23Cl2N3O5. The Balaban J connectivity index is 0.000000352. The lowest BCUT2D eigenvalue weighted by atomic mass is 9.86. The lowest BCUT2D eigenvalue weighted by Crippen LogP contribution is -2.20. The molecule has 0 spiro atoms. The number of aliphatic carboxylic acids is 1. The van der Waals surface area contributed by atoms with Gasteiger partial charge >= 0.3 is 5.97 Å². The van der Waals surface area contributed by atoms with Crippen molar-refractivity contribution in [2.45, 2.75) is 39.2 Å². The monoisotopic (exact) mass is 479 g/mol. The first kappa shape index (κ1) is 23.8. The largest absolute Gasteiger partial charge is 0.497 e. The number of ether oxygens (including phenoxy) is 2. The first-order valence-electron chi connectivity index (χ1n) is 10.0. The van der Waals surface area contributed by atoms with Gasteiger partial charge in [-0.25, -0.2) is 4.98 Å². The molecule has 3 aromatic rings. The third kappa shape index (κ3) is 5.89. The van der Waals surface area contributed by atoms with Crippen LogP contribution in [-0.2, 0) is 4.79 Å². The van der Waals surface area contributed by atoms with Crippen LogP contribution in [-0.4, -0.2) is 39.4 Å². The minimum Gasteiger partial charge on any atom is -0.497 e. The fourth-order valence-corrected chi connectivity index (χ4v) is 3.23. The predicted molar refractivity (Wildman–Crippen MR) is 120 cm³/mol. The SMILES string of the molecule is COc1ccc(-c2noc(-c3cnc(OC(C)C)c(Cl)c3)n2)c(Cl)c1.O=C(O)C1CCC1. The highest BCUT2D eigenvalue weighted by Crippen LogP contribution is 2.32. The van der Waals surface area contributed by atoms with E-state index in [1.165, 1.54) is 0 Å². The molecule has 1 saturated carbocycles. The van der Waals surface area contributed by atoms with Gasteiger partial charge in [-0.05, 0) is 51.0 Å². The van der Waals surface area contributed by atoms with Crippen molar-refractivity contribution in [2.24, 2.45) is 5.92 Å². The number of pyridine rings is 1. The maximum Gasteiger partial charge on any atom is 0.306 e. The van der Waals surface area contributed by atoms with E-state index in [0.29, 0.717) is 38.6 Å². The van der Waals surface area contributed by atoms with E-state index < -0.39 is 5.97 Å². The molecule has 2 heterocycles. The zero-order valence-electron chi connectivity index (χ0n) is 17.8. The molecule has 0 bridgehead atoms. The van der Waals surface area contributed by atoms with Crippen LogP contribution in [0, 0.1) is 5.92 Å². The maximum absolute atomic E-state index is 9.98. The number of hydrogen-bond acceptors (Lipinski definition) is 7. The molecule has 8 nitrogen and oxygen atoms in total. The third-order valence-electron chi connectivity index (χ3n) is 4.70. The smallest absolute Gasteiger partial charge is 0.306 e. The molecule has 170 valence electrons. The van der Waals surface area contributed by atoms with Crippen LogP contribution in [0.3, 0.4) is 0 Å². The Morgan fingerprint density at radius 3 is 2.47 bits per heavy atom. The van der Waals surface area contributed by atoms with Crippen molar-refractivity contribution in [2.75, 3.05) is 7.11 Å². The van der Waals surface area contributed by atoms with Gasteiger partial charge in [0.15, 0.2) is 0 Å². The summed E-state index contributed by atoms with van der Waals surface area (Å²) in [6.45, 7) is 3.80. The van der Waals surface area contributed by atoms with Crippen molar-refractivity contribution in [3.05, 3.63) is 40.5 Å². The van der Waals surface area contributed by atoms with Crippen molar-refractivity contribution < 1.29 is 23.9 Å². The normalized spacial score (nSPS) is 13.2. The Morgan fingerprint density at radius 1 is 1.22 bits per heavy atom. The van der Waals surface area contributed by atoms with Gasteiger partial charge < -0.3 is 19.1 Å². The number of rotatable bonds is 6. The van der Waals surface area contributed by atoms with E-state index in [1.54, 1.807) is 37.6 Å². The van der Waals surface area contributed by atoms with E-state index in [1.807, 2.05) is 13.8 Å². The second kappa shape index (κ2) is 10.7. The molecule has 0 saturated heterocycles. The summed E-state index contributed by atoms with van der Waals surface area (Å²) in [5.41, 5.74) is 1.22. The van der Waals surface area contributed by atoms with E-state index in [2.05, 4.69) is 15.1 Å². The fraction of sp³-hybridized carbons (Fsp3) is 0.364. The molecule has 0 amide bonds. The van der Waals surface area contributed by atoms with Crippen LogP contribution in [0.2, 0.25) is 10.0 Å². The molecule has 1 aliphatic rings. The van der Waals surface area contributed by atoms with Gasteiger partial charge in [-0.2, -0.15) is 4.98 Å². The fourth-order valence-electron chi connectivity index (χ4n) is 2.76. The summed E-state index contributed by atoms with van der Waals surface area (Å²) in [5.74, 6) is 1.03. The second-order valence-corrected chi connectivity index (χ2v) is 8.23. The summed E-state index contributed by atoms with van der Waals surface area (Å²) in [4.78, 5) is 18.5. The van der Waals surface area contributed by atoms with Gasteiger partial charge in [-0.15, -0.1) is 0 Å². The summed E-state index contributed by atoms with van der Waals surface area (Å²) >= 11 is 12.4. The number of methoxy groups -OCH3 is 1. The van der Waals surface area contributed by atoms with E-state index in [9.17, 15) is 4.79 Å². The van der Waals surface area contributed by atoms with Crippen molar-refractivity contribution in [3.63, 3.8) is 0 Å². The van der Waals surface area contributed by atoms with Crippen molar-refractivity contribution >= 4 is 29.2 Å². The van der Waals surface area contributed by atoms with Gasteiger partial charge in [-0.3, -0.25) is 4.79 Å². The summed E-state index contributed by atoms with van der Waals surface area (Å²) < 4.78 is 15.9. The van der Waals surface area contributed by atoms with E-state index in [-0.39, 0.29) is 17.9 Å². The van der Waals surface area contributed by atoms with Gasteiger partial charge in [0.2, 0.25) is 11.7 Å². The Bertz CT molecular complexity index is 1080. The number of nitrogens with zero attached hydrogens (tertiary/aromatic N) is 3. The van der Waals surface area contributed by atoms with Crippen molar-refractivity contribution in [1.29, 1.82) is 0 Å². The number of carboxylic acids is 1. The van der Waals surface area contributed by atoms with E-state index >= 15 is 0 Å². The highest BCUT2D eigenvalue weighted by molar-refractivity contribution is 6.33. The Labute approximate surface area is 195 Å². The maximum atomic E-state index is 9.98. The molecule has 0 aliphatic heterocycles. The lowest BCUT2D eigenvalue weighted by molar-refractivity contribution is -0.144. The quantitative estimate of drug-likeness (QED) is 0.474. The summed E-state index contributed by atoms with van der Waals surface area (Å²) in [6, 6.07) is 6.89. The van der Waals surface area contributed by atoms with Crippen LogP contribution >= 0.6 is 23.2 Å². The van der Waals surface area contributed by atoms with Gasteiger partial charge in [0, 0.05) is 11.8 Å². The average molecular weight is 480 g/mol. The van der Waals surface area contributed by atoms with Gasteiger partial charge in [0.1, 0.15) is 10.8 Å². The molecule has 4 rings (SSSR count). The van der Waals surface area contributed by atoms with Gasteiger partial charge in [0.05, 0.1) is 29.7 Å². The topological polar surface area (TPSA) is 108 Å². The number of benzene rings is 1. The second-order valence-electron chi connectivity index (χ2n) is 7.41. The summed E-state index contributed by atoms with van der Waals surface area (Å²) in [6.07, 6.45) is 4.45. The van der Waals surface area contributed by atoms with Crippen molar-refractivity contribution in [3.8, 4) is 34.5 Å². The molecule has 32 heavy (non-hydrogen) atoms. The van der Waals surface area contributed by atoms with Crippen LogP contribution in [0.4, 0.5) is 0 Å². The molecular weight excluding hydrogens is 457 g/mol. The highest BCUT2D eigenvalue weighted by atomic mass is 35.5. The predicted octanol–water partition coefficient (Wildman–Crippen LogP) is 5.77. The molecule has 0 atom stereocenters. The molecule has 1 aromatic carbocycles. The zero-order chi connectivity index (χ0) is 23.3. The highest BCUT2D eigenvalue weighted by Gasteiger charge is 2.23. The summed E-state index contributed by atoms with van der Waals surface area (Å²) in [7, 11) is 1.57. The number of carbonyl (C=O) groups is 1. The van der Waals surface area contributed by atoms with Crippen molar-refractivity contribution in [1.82, 2.24) is 15.1 Å². The molecule has 1 fully saturated rings. The standard InChI is InChI=1S/C17H15Cl2N3O3.C5H8O2/c1-9(2)24-17-14(19)6-10(8-20-17)16-21-15(22-25-16)12-5-4-11(23-3)7-13(12)18;6-5(7)4-2-1-3-4/h4-9H,1-3H3;4H,1-3H2,(H,6,7). The van der Waals surface area contributed by atoms with Crippen LogP contribution in [0.25, 0.3) is 22.8 Å². The molecule has 2 aromatic heterocycles. The zero-order valence-corrected chi connectivity index (χ0v) is 19.4. The summed E-state index contributed by atoms with van der Waals surface area (Å²) in [5, 5.41) is 13.0.